The van der Waals surface area contributed by atoms with Gasteiger partial charge in [-0.15, -0.1) is 0 Å². The molecular weight excluding hydrogens is 197 g/mol. The molecule has 1 rings (SSSR count). The van der Waals surface area contributed by atoms with Crippen LogP contribution in [0.4, 0.5) is 10.1 Å². The van der Waals surface area contributed by atoms with Gasteiger partial charge in [-0.3, -0.25) is 0 Å². The summed E-state index contributed by atoms with van der Waals surface area (Å²) < 4.78 is 12.7. The van der Waals surface area contributed by atoms with E-state index in [1.165, 1.54) is 0 Å². The van der Waals surface area contributed by atoms with Crippen LogP contribution < -0.4 is 4.90 Å². The van der Waals surface area contributed by atoms with E-state index in [-0.39, 0.29) is 0 Å². The number of hydrogen-bond acceptors (Lipinski definition) is 2. The molecule has 4 heteroatoms. The number of aliphatic carboxylic acids is 1. The van der Waals surface area contributed by atoms with Crippen LogP contribution in [-0.2, 0) is 4.79 Å². The molecule has 0 unspecified atom stereocenters. The average molecular weight is 209 g/mol. The van der Waals surface area contributed by atoms with Crippen molar-refractivity contribution in [1.29, 1.82) is 0 Å². The number of carbonyl (C=O) groups is 1. The lowest BCUT2D eigenvalue weighted by molar-refractivity contribution is -0.134. The van der Waals surface area contributed by atoms with E-state index in [0.717, 1.165) is 11.8 Å². The molecule has 0 bridgehead atoms. The van der Waals surface area contributed by atoms with Crippen molar-refractivity contribution in [1.82, 2.24) is 0 Å². The normalized spacial score (nSPS) is 11.3. The summed E-state index contributed by atoms with van der Waals surface area (Å²) in [5.41, 5.74) is 1.50. The van der Waals surface area contributed by atoms with Crippen molar-refractivity contribution in [3.8, 4) is 0 Å². The number of anilines is 1. The molecule has 0 aromatic heterocycles. The van der Waals surface area contributed by atoms with Gasteiger partial charge >= 0.3 is 5.97 Å². The Morgan fingerprint density at radius 3 is 2.27 bits per heavy atom. The Labute approximate surface area is 87.4 Å². The van der Waals surface area contributed by atoms with Crippen molar-refractivity contribution in [3.05, 3.63) is 35.7 Å². The summed E-state index contributed by atoms with van der Waals surface area (Å²) in [6, 6.07) is 6.91. The summed E-state index contributed by atoms with van der Waals surface area (Å²) in [7, 11) is 3.78. The Hall–Kier alpha value is -1.84. The Kier molecular flexibility index (Phi) is 3.44. The fourth-order valence-corrected chi connectivity index (χ4v) is 1.08. The van der Waals surface area contributed by atoms with E-state index in [0.29, 0.717) is 5.56 Å². The van der Waals surface area contributed by atoms with Gasteiger partial charge in [-0.25, -0.2) is 4.79 Å². The Bertz CT molecular complexity index is 382. The van der Waals surface area contributed by atoms with Gasteiger partial charge in [-0.05, 0) is 23.8 Å². The molecule has 0 heterocycles. The fourth-order valence-electron chi connectivity index (χ4n) is 1.08. The molecule has 3 nitrogen and oxygen atoms in total. The van der Waals surface area contributed by atoms with Crippen LogP contribution in [0.1, 0.15) is 5.56 Å². The van der Waals surface area contributed by atoms with Crippen molar-refractivity contribution in [3.63, 3.8) is 0 Å². The van der Waals surface area contributed by atoms with E-state index in [4.69, 9.17) is 5.11 Å². The molecule has 0 amide bonds. The third kappa shape index (κ3) is 3.09. The highest BCUT2D eigenvalue weighted by molar-refractivity contribution is 5.89. The number of benzene rings is 1. The minimum Gasteiger partial charge on any atom is -0.476 e. The number of carboxylic acid groups (broad SMARTS) is 1. The fraction of sp³-hybridized carbons (Fsp3) is 0.182. The molecule has 15 heavy (non-hydrogen) atoms. The summed E-state index contributed by atoms with van der Waals surface area (Å²) >= 11 is 0. The molecule has 0 fully saturated rings. The largest absolute Gasteiger partial charge is 0.476 e. The van der Waals surface area contributed by atoms with E-state index in [2.05, 4.69) is 0 Å². The second-order valence-electron chi connectivity index (χ2n) is 3.28. The minimum absolute atomic E-state index is 0.528. The molecule has 1 N–H and O–H groups in total. The highest BCUT2D eigenvalue weighted by Gasteiger charge is 2.04. The van der Waals surface area contributed by atoms with E-state index in [1.807, 2.05) is 19.0 Å². The van der Waals surface area contributed by atoms with Crippen LogP contribution in [-0.4, -0.2) is 25.2 Å². The van der Waals surface area contributed by atoms with Gasteiger partial charge in [0.05, 0.1) is 0 Å². The van der Waals surface area contributed by atoms with E-state index >= 15 is 0 Å². The van der Waals surface area contributed by atoms with E-state index < -0.39 is 11.8 Å². The first kappa shape index (κ1) is 11.2. The monoisotopic (exact) mass is 209 g/mol. The molecule has 0 spiro atoms. The maximum absolute atomic E-state index is 12.7. The first-order chi connectivity index (χ1) is 7.00. The summed E-state index contributed by atoms with van der Waals surface area (Å²) in [5.74, 6) is -2.71. The number of carboxylic acids is 1. The van der Waals surface area contributed by atoms with Crippen LogP contribution in [0.2, 0.25) is 0 Å². The standard InChI is InChI=1S/C11H12FNO2/c1-13(2)9-5-3-8(4-6-9)7-10(12)11(14)15/h3-7H,1-2H3,(H,14,15)/b10-7-. The van der Waals surface area contributed by atoms with Crippen molar-refractivity contribution in [2.24, 2.45) is 0 Å². The van der Waals surface area contributed by atoms with Crippen LogP contribution in [0.5, 0.6) is 0 Å². The van der Waals surface area contributed by atoms with Crippen LogP contribution in [0.3, 0.4) is 0 Å². The maximum atomic E-state index is 12.7. The minimum atomic E-state index is -1.55. The van der Waals surface area contributed by atoms with Crippen LogP contribution in [0, 0.1) is 0 Å². The zero-order chi connectivity index (χ0) is 11.4. The van der Waals surface area contributed by atoms with Crippen LogP contribution in [0.15, 0.2) is 30.1 Å². The van der Waals surface area contributed by atoms with Crippen molar-refractivity contribution in [2.45, 2.75) is 0 Å². The first-order valence-corrected chi connectivity index (χ1v) is 4.38. The van der Waals surface area contributed by atoms with Gasteiger partial charge in [0.1, 0.15) is 0 Å². The van der Waals surface area contributed by atoms with Gasteiger partial charge in [-0.2, -0.15) is 4.39 Å². The summed E-state index contributed by atoms with van der Waals surface area (Å²) in [6.07, 6.45) is 0.988. The van der Waals surface area contributed by atoms with Crippen molar-refractivity contribution >= 4 is 17.7 Å². The van der Waals surface area contributed by atoms with Gasteiger partial charge in [0.2, 0.25) is 5.83 Å². The second-order valence-corrected chi connectivity index (χ2v) is 3.28. The molecule has 0 radical (unpaired) electrons. The van der Waals surface area contributed by atoms with E-state index in [1.54, 1.807) is 24.3 Å². The zero-order valence-electron chi connectivity index (χ0n) is 8.57. The molecule has 80 valence electrons. The lowest BCUT2D eigenvalue weighted by Crippen LogP contribution is -2.07. The van der Waals surface area contributed by atoms with Gasteiger partial charge in [-0.1, -0.05) is 12.1 Å². The lowest BCUT2D eigenvalue weighted by Gasteiger charge is -2.11. The molecule has 0 saturated carbocycles. The topological polar surface area (TPSA) is 40.5 Å². The zero-order valence-corrected chi connectivity index (χ0v) is 8.57. The van der Waals surface area contributed by atoms with Crippen LogP contribution >= 0.6 is 0 Å². The predicted molar refractivity (Wildman–Crippen MR) is 57.5 cm³/mol. The second kappa shape index (κ2) is 4.59. The third-order valence-electron chi connectivity index (χ3n) is 1.91. The molecule has 0 saturated heterocycles. The molecule has 1 aromatic carbocycles. The molecule has 0 aliphatic heterocycles. The van der Waals surface area contributed by atoms with Crippen LogP contribution in [0.25, 0.3) is 6.08 Å². The highest BCUT2D eigenvalue weighted by atomic mass is 19.1. The Morgan fingerprint density at radius 2 is 1.87 bits per heavy atom. The Morgan fingerprint density at radius 1 is 1.33 bits per heavy atom. The lowest BCUT2D eigenvalue weighted by atomic mass is 10.2. The van der Waals surface area contributed by atoms with E-state index in [9.17, 15) is 9.18 Å². The molecule has 0 aliphatic rings. The number of hydrogen-bond donors (Lipinski definition) is 1. The Balaban J connectivity index is 2.90. The average Bonchev–Trinajstić information content (AvgIpc) is 2.18. The predicted octanol–water partition coefficient (Wildman–Crippen LogP) is 2.15. The molecule has 1 aromatic rings. The number of halogens is 1. The number of nitrogens with zero attached hydrogens (tertiary/aromatic N) is 1. The van der Waals surface area contributed by atoms with Crippen molar-refractivity contribution < 1.29 is 14.3 Å². The molecule has 0 atom stereocenters. The summed E-state index contributed by atoms with van der Waals surface area (Å²) in [6.45, 7) is 0. The van der Waals surface area contributed by atoms with Gasteiger partial charge < -0.3 is 10.0 Å². The first-order valence-electron chi connectivity index (χ1n) is 4.38. The molecule has 0 aliphatic carbocycles. The quantitative estimate of drug-likeness (QED) is 0.775. The van der Waals surface area contributed by atoms with Crippen molar-refractivity contribution in [2.75, 3.05) is 19.0 Å². The maximum Gasteiger partial charge on any atom is 0.364 e. The van der Waals surface area contributed by atoms with Gasteiger partial charge in [0.25, 0.3) is 0 Å². The highest BCUT2D eigenvalue weighted by Crippen LogP contribution is 2.14. The van der Waals surface area contributed by atoms with Gasteiger partial charge in [0.15, 0.2) is 0 Å². The number of rotatable bonds is 3. The summed E-state index contributed by atoms with van der Waals surface area (Å²) in [5, 5.41) is 8.33. The smallest absolute Gasteiger partial charge is 0.364 e. The molecular formula is C11H12FNO2. The van der Waals surface area contributed by atoms with Gasteiger partial charge in [0, 0.05) is 19.8 Å². The SMILES string of the molecule is CN(C)c1ccc(/C=C(\F)C(=O)O)cc1. The third-order valence-corrected chi connectivity index (χ3v) is 1.91. The summed E-state index contributed by atoms with van der Waals surface area (Å²) in [4.78, 5) is 12.1.